The Bertz CT molecular complexity index is 536. The van der Waals surface area contributed by atoms with Gasteiger partial charge < -0.3 is 5.32 Å². The van der Waals surface area contributed by atoms with Crippen molar-refractivity contribution in [3.63, 3.8) is 0 Å². The monoisotopic (exact) mass is 375 g/mol. The Kier molecular flexibility index (Phi) is 6.02. The molecule has 0 aliphatic rings. The standard InChI is InChI=1S/C15H16BrClFNS/c1-2-7-19-13(14-9-12(17)15(16)20-14)8-10-3-5-11(18)6-4-10/h3-6,9,13,19H,2,7-8H2,1H3. The highest BCUT2D eigenvalue weighted by Crippen LogP contribution is 2.36. The molecule has 0 amide bonds. The van der Waals surface area contributed by atoms with Gasteiger partial charge in [-0.2, -0.15) is 0 Å². The van der Waals surface area contributed by atoms with E-state index < -0.39 is 0 Å². The van der Waals surface area contributed by atoms with Crippen LogP contribution in [0.5, 0.6) is 0 Å². The van der Waals surface area contributed by atoms with Gasteiger partial charge in [-0.05, 0) is 59.1 Å². The van der Waals surface area contributed by atoms with E-state index in [2.05, 4.69) is 28.2 Å². The zero-order chi connectivity index (χ0) is 14.5. The van der Waals surface area contributed by atoms with Crippen LogP contribution in [0.25, 0.3) is 0 Å². The largest absolute Gasteiger partial charge is 0.309 e. The van der Waals surface area contributed by atoms with E-state index in [1.165, 1.54) is 17.0 Å². The van der Waals surface area contributed by atoms with Gasteiger partial charge in [0.1, 0.15) is 5.82 Å². The molecule has 20 heavy (non-hydrogen) atoms. The molecule has 0 bridgehead atoms. The van der Waals surface area contributed by atoms with Crippen LogP contribution in [-0.2, 0) is 6.42 Å². The molecule has 1 unspecified atom stereocenters. The predicted molar refractivity (Wildman–Crippen MR) is 88.2 cm³/mol. The normalized spacial score (nSPS) is 12.6. The molecule has 0 radical (unpaired) electrons. The predicted octanol–water partition coefficient (Wildman–Crippen LogP) is 5.59. The second-order valence-electron chi connectivity index (χ2n) is 4.61. The van der Waals surface area contributed by atoms with E-state index in [1.807, 2.05) is 18.2 Å². The van der Waals surface area contributed by atoms with Crippen LogP contribution in [-0.4, -0.2) is 6.54 Å². The number of nitrogens with one attached hydrogen (secondary N) is 1. The van der Waals surface area contributed by atoms with Crippen molar-refractivity contribution >= 4 is 38.9 Å². The van der Waals surface area contributed by atoms with E-state index in [0.717, 1.165) is 33.8 Å². The van der Waals surface area contributed by atoms with E-state index >= 15 is 0 Å². The van der Waals surface area contributed by atoms with Crippen LogP contribution in [0, 0.1) is 5.82 Å². The van der Waals surface area contributed by atoms with Crippen molar-refractivity contribution in [2.24, 2.45) is 0 Å². The van der Waals surface area contributed by atoms with Crippen molar-refractivity contribution in [2.75, 3.05) is 6.54 Å². The molecular weight excluding hydrogens is 361 g/mol. The van der Waals surface area contributed by atoms with Crippen LogP contribution in [0.4, 0.5) is 4.39 Å². The molecule has 2 aromatic rings. The zero-order valence-corrected chi connectivity index (χ0v) is 14.3. The van der Waals surface area contributed by atoms with Gasteiger partial charge in [-0.1, -0.05) is 30.7 Å². The quantitative estimate of drug-likeness (QED) is 0.693. The van der Waals surface area contributed by atoms with Crippen molar-refractivity contribution in [2.45, 2.75) is 25.8 Å². The van der Waals surface area contributed by atoms with Crippen LogP contribution < -0.4 is 5.32 Å². The topological polar surface area (TPSA) is 12.0 Å². The van der Waals surface area contributed by atoms with Crippen molar-refractivity contribution in [1.82, 2.24) is 5.32 Å². The molecule has 5 heteroatoms. The lowest BCUT2D eigenvalue weighted by Gasteiger charge is -2.17. The number of hydrogen-bond donors (Lipinski definition) is 1. The van der Waals surface area contributed by atoms with Gasteiger partial charge in [0.2, 0.25) is 0 Å². The van der Waals surface area contributed by atoms with E-state index in [1.54, 1.807) is 11.3 Å². The lowest BCUT2D eigenvalue weighted by molar-refractivity contribution is 0.536. The van der Waals surface area contributed by atoms with Gasteiger partial charge >= 0.3 is 0 Å². The Balaban J connectivity index is 2.16. The van der Waals surface area contributed by atoms with Crippen molar-refractivity contribution in [1.29, 1.82) is 0 Å². The summed E-state index contributed by atoms with van der Waals surface area (Å²) >= 11 is 11.2. The highest BCUT2D eigenvalue weighted by atomic mass is 79.9. The Hall–Kier alpha value is -0.420. The van der Waals surface area contributed by atoms with Crippen molar-refractivity contribution < 1.29 is 4.39 Å². The van der Waals surface area contributed by atoms with E-state index in [-0.39, 0.29) is 11.9 Å². The molecule has 108 valence electrons. The Labute approximate surface area is 136 Å². The number of thiophene rings is 1. The molecule has 1 heterocycles. The molecule has 1 aromatic carbocycles. The summed E-state index contributed by atoms with van der Waals surface area (Å²) in [7, 11) is 0. The maximum absolute atomic E-state index is 13.0. The first-order chi connectivity index (χ1) is 9.60. The van der Waals surface area contributed by atoms with Gasteiger partial charge in [0.05, 0.1) is 8.81 Å². The van der Waals surface area contributed by atoms with Crippen LogP contribution in [0.1, 0.15) is 29.8 Å². The summed E-state index contributed by atoms with van der Waals surface area (Å²) < 4.78 is 13.9. The molecular formula is C15H16BrClFNS. The summed E-state index contributed by atoms with van der Waals surface area (Å²) in [6, 6.07) is 8.87. The molecule has 0 spiro atoms. The lowest BCUT2D eigenvalue weighted by Crippen LogP contribution is -2.23. The van der Waals surface area contributed by atoms with E-state index in [4.69, 9.17) is 11.6 Å². The van der Waals surface area contributed by atoms with Gasteiger partial charge in [-0.3, -0.25) is 0 Å². The number of benzene rings is 1. The van der Waals surface area contributed by atoms with Gasteiger partial charge in [0, 0.05) is 10.9 Å². The van der Waals surface area contributed by atoms with Gasteiger partial charge in [-0.15, -0.1) is 11.3 Å². The Morgan fingerprint density at radius 1 is 1.35 bits per heavy atom. The average molecular weight is 377 g/mol. The lowest BCUT2D eigenvalue weighted by atomic mass is 10.0. The molecule has 2 rings (SSSR count). The molecule has 0 aliphatic carbocycles. The van der Waals surface area contributed by atoms with Crippen molar-refractivity contribution in [3.05, 3.63) is 55.4 Å². The zero-order valence-electron chi connectivity index (χ0n) is 11.1. The molecule has 0 aliphatic heterocycles. The molecule has 1 nitrogen and oxygen atoms in total. The Morgan fingerprint density at radius 2 is 2.05 bits per heavy atom. The van der Waals surface area contributed by atoms with Gasteiger partial charge in [0.15, 0.2) is 0 Å². The fraction of sp³-hybridized carbons (Fsp3) is 0.333. The third kappa shape index (κ3) is 4.29. The summed E-state index contributed by atoms with van der Waals surface area (Å²) in [4.78, 5) is 1.19. The highest BCUT2D eigenvalue weighted by molar-refractivity contribution is 9.11. The summed E-state index contributed by atoms with van der Waals surface area (Å²) in [5.41, 5.74) is 1.11. The second-order valence-corrected chi connectivity index (χ2v) is 7.42. The first kappa shape index (κ1) is 16.0. The number of hydrogen-bond acceptors (Lipinski definition) is 2. The smallest absolute Gasteiger partial charge is 0.123 e. The fourth-order valence-corrected chi connectivity index (χ4v) is 3.81. The molecule has 1 aromatic heterocycles. The molecule has 0 fully saturated rings. The Morgan fingerprint density at radius 3 is 2.60 bits per heavy atom. The minimum Gasteiger partial charge on any atom is -0.309 e. The SMILES string of the molecule is CCCNC(Cc1ccc(F)cc1)c1cc(Cl)c(Br)s1. The average Bonchev–Trinajstić information content (AvgIpc) is 2.77. The molecule has 1 N–H and O–H groups in total. The van der Waals surface area contributed by atoms with E-state index in [9.17, 15) is 4.39 Å². The van der Waals surface area contributed by atoms with Crippen LogP contribution in [0.15, 0.2) is 34.1 Å². The summed E-state index contributed by atoms with van der Waals surface area (Å²) in [6.45, 7) is 3.08. The minimum atomic E-state index is -0.200. The molecule has 0 saturated heterocycles. The fourth-order valence-electron chi connectivity index (χ4n) is 1.98. The summed E-state index contributed by atoms with van der Waals surface area (Å²) in [6.07, 6.45) is 1.89. The molecule has 0 saturated carbocycles. The summed E-state index contributed by atoms with van der Waals surface area (Å²) in [5, 5.41) is 4.27. The number of rotatable bonds is 6. The number of halogens is 3. The maximum Gasteiger partial charge on any atom is 0.123 e. The minimum absolute atomic E-state index is 0.200. The van der Waals surface area contributed by atoms with Gasteiger partial charge in [-0.25, -0.2) is 4.39 Å². The third-order valence-electron chi connectivity index (χ3n) is 3.00. The van der Waals surface area contributed by atoms with E-state index in [0.29, 0.717) is 0 Å². The van der Waals surface area contributed by atoms with Crippen LogP contribution in [0.3, 0.4) is 0 Å². The third-order valence-corrected chi connectivity index (χ3v) is 5.59. The van der Waals surface area contributed by atoms with Crippen molar-refractivity contribution in [3.8, 4) is 0 Å². The van der Waals surface area contributed by atoms with Gasteiger partial charge in [0.25, 0.3) is 0 Å². The highest BCUT2D eigenvalue weighted by Gasteiger charge is 2.16. The van der Waals surface area contributed by atoms with Crippen LogP contribution in [0.2, 0.25) is 5.02 Å². The maximum atomic E-state index is 13.0. The first-order valence-electron chi connectivity index (χ1n) is 6.52. The molecule has 1 atom stereocenters. The summed E-state index contributed by atoms with van der Waals surface area (Å²) in [5.74, 6) is -0.200. The second kappa shape index (κ2) is 7.55. The van der Waals surface area contributed by atoms with Crippen LogP contribution >= 0.6 is 38.9 Å². The first-order valence-corrected chi connectivity index (χ1v) is 8.51.